The van der Waals surface area contributed by atoms with E-state index in [-0.39, 0.29) is 0 Å². The van der Waals surface area contributed by atoms with Gasteiger partial charge in [-0.05, 0) is 6.07 Å². The Balaban J connectivity index is 2.43. The maximum Gasteiger partial charge on any atom is 0.331 e. The van der Waals surface area contributed by atoms with Crippen LogP contribution in [0.15, 0.2) is 17.4 Å². The number of H-pyrrole nitrogens is 1. The summed E-state index contributed by atoms with van der Waals surface area (Å²) in [7, 11) is 0. The average molecular weight is 153 g/mol. The number of carbonyl (C=O) groups is 1. The van der Waals surface area contributed by atoms with Crippen LogP contribution in [0.5, 0.6) is 0 Å². The number of aromatic nitrogens is 2. The van der Waals surface area contributed by atoms with Gasteiger partial charge in [-0.1, -0.05) is 5.16 Å². The van der Waals surface area contributed by atoms with Gasteiger partial charge in [0.15, 0.2) is 0 Å². The monoisotopic (exact) mass is 153 g/mol. The third-order valence-electron chi connectivity index (χ3n) is 0.895. The van der Waals surface area contributed by atoms with E-state index in [0.29, 0.717) is 5.69 Å². The first-order valence-electron chi connectivity index (χ1n) is 2.99. The van der Waals surface area contributed by atoms with Crippen LogP contribution in [0.4, 0.5) is 0 Å². The molecule has 0 aromatic carbocycles. The summed E-state index contributed by atoms with van der Waals surface area (Å²) < 4.78 is 0. The molecule has 0 amide bonds. The number of oxime groups is 1. The maximum absolute atomic E-state index is 10.2. The summed E-state index contributed by atoms with van der Waals surface area (Å²) >= 11 is 0. The van der Waals surface area contributed by atoms with E-state index in [4.69, 9.17) is 0 Å². The summed E-state index contributed by atoms with van der Waals surface area (Å²) in [5.74, 6) is -0.444. The van der Waals surface area contributed by atoms with E-state index in [0.717, 1.165) is 0 Å². The number of hydrogen-bond donors (Lipinski definition) is 1. The van der Waals surface area contributed by atoms with E-state index in [2.05, 4.69) is 20.2 Å². The zero-order valence-corrected chi connectivity index (χ0v) is 5.94. The summed E-state index contributed by atoms with van der Waals surface area (Å²) in [4.78, 5) is 14.5. The van der Waals surface area contributed by atoms with Gasteiger partial charge in [-0.2, -0.15) is 5.10 Å². The second-order valence-electron chi connectivity index (χ2n) is 1.83. The summed E-state index contributed by atoms with van der Waals surface area (Å²) in [6, 6.07) is 1.70. The van der Waals surface area contributed by atoms with Gasteiger partial charge in [-0.15, -0.1) is 0 Å². The molecule has 1 aromatic heterocycles. The molecule has 0 saturated heterocycles. The van der Waals surface area contributed by atoms with Gasteiger partial charge in [-0.25, -0.2) is 4.79 Å². The minimum atomic E-state index is -0.444. The fourth-order valence-corrected chi connectivity index (χ4v) is 0.496. The van der Waals surface area contributed by atoms with Crippen molar-refractivity contribution in [3.8, 4) is 0 Å². The molecule has 58 valence electrons. The summed E-state index contributed by atoms with van der Waals surface area (Å²) in [6.45, 7) is 1.28. The van der Waals surface area contributed by atoms with Crippen LogP contribution in [0.3, 0.4) is 0 Å². The number of aromatic amines is 1. The molecule has 5 nitrogen and oxygen atoms in total. The van der Waals surface area contributed by atoms with Crippen molar-refractivity contribution in [3.05, 3.63) is 18.0 Å². The molecule has 0 bridgehead atoms. The van der Waals surface area contributed by atoms with Gasteiger partial charge in [0.1, 0.15) is 0 Å². The third-order valence-corrected chi connectivity index (χ3v) is 0.895. The lowest BCUT2D eigenvalue weighted by atomic mass is 10.5. The summed E-state index contributed by atoms with van der Waals surface area (Å²) in [5.41, 5.74) is 0.686. The summed E-state index contributed by atoms with van der Waals surface area (Å²) in [5, 5.41) is 9.65. The SMILES string of the molecule is CC(=O)ON=Cc1ccn[nH]1. The smallest absolute Gasteiger partial charge is 0.319 e. The second kappa shape index (κ2) is 3.50. The van der Waals surface area contributed by atoms with E-state index in [9.17, 15) is 4.79 Å². The van der Waals surface area contributed by atoms with Crippen molar-refractivity contribution >= 4 is 12.2 Å². The Morgan fingerprint density at radius 1 is 1.91 bits per heavy atom. The molecule has 1 rings (SSSR count). The van der Waals surface area contributed by atoms with Crippen molar-refractivity contribution < 1.29 is 9.63 Å². The van der Waals surface area contributed by atoms with Crippen LogP contribution in [-0.4, -0.2) is 22.4 Å². The average Bonchev–Trinajstić information content (AvgIpc) is 2.39. The van der Waals surface area contributed by atoms with Crippen molar-refractivity contribution in [2.45, 2.75) is 6.92 Å². The van der Waals surface area contributed by atoms with E-state index in [1.54, 1.807) is 12.3 Å². The molecule has 0 spiro atoms. The summed E-state index contributed by atoms with van der Waals surface area (Å²) in [6.07, 6.45) is 2.95. The zero-order valence-electron chi connectivity index (χ0n) is 5.94. The number of nitrogens with zero attached hydrogens (tertiary/aromatic N) is 2. The Morgan fingerprint density at radius 2 is 2.73 bits per heavy atom. The van der Waals surface area contributed by atoms with Crippen molar-refractivity contribution in [3.63, 3.8) is 0 Å². The van der Waals surface area contributed by atoms with Crippen LogP contribution in [0.1, 0.15) is 12.6 Å². The molecule has 0 fully saturated rings. The van der Waals surface area contributed by atoms with Crippen LogP contribution in [0, 0.1) is 0 Å². The van der Waals surface area contributed by atoms with Gasteiger partial charge in [0, 0.05) is 13.1 Å². The third kappa shape index (κ3) is 2.61. The molecule has 0 unspecified atom stereocenters. The van der Waals surface area contributed by atoms with Gasteiger partial charge in [-0.3, -0.25) is 5.10 Å². The lowest BCUT2D eigenvalue weighted by Gasteiger charge is -1.86. The molecule has 0 saturated carbocycles. The molecule has 5 heteroatoms. The molecule has 0 atom stereocenters. The van der Waals surface area contributed by atoms with E-state index in [1.807, 2.05) is 0 Å². The molecule has 0 aliphatic heterocycles. The van der Waals surface area contributed by atoms with Gasteiger partial charge in [0.05, 0.1) is 11.9 Å². The molecule has 1 heterocycles. The Labute approximate surface area is 63.0 Å². The maximum atomic E-state index is 10.2. The lowest BCUT2D eigenvalue weighted by Crippen LogP contribution is -1.91. The lowest BCUT2D eigenvalue weighted by molar-refractivity contribution is -0.140. The topological polar surface area (TPSA) is 67.3 Å². The first-order valence-corrected chi connectivity index (χ1v) is 2.99. The Bertz CT molecular complexity index is 253. The van der Waals surface area contributed by atoms with E-state index >= 15 is 0 Å². The standard InChI is InChI=1S/C6H7N3O2/c1-5(10)11-8-4-6-2-3-7-9-6/h2-4H,1H3,(H,7,9). The Kier molecular flexibility index (Phi) is 2.37. The molecule has 0 radical (unpaired) electrons. The van der Waals surface area contributed by atoms with Gasteiger partial charge in [0.25, 0.3) is 0 Å². The first kappa shape index (κ1) is 7.46. The minimum Gasteiger partial charge on any atom is -0.319 e. The Morgan fingerprint density at radius 3 is 3.27 bits per heavy atom. The van der Waals surface area contributed by atoms with Crippen molar-refractivity contribution in [1.82, 2.24) is 10.2 Å². The highest BCUT2D eigenvalue weighted by atomic mass is 16.7. The Hall–Kier alpha value is -1.65. The van der Waals surface area contributed by atoms with E-state index < -0.39 is 5.97 Å². The molecule has 1 N–H and O–H groups in total. The van der Waals surface area contributed by atoms with Gasteiger partial charge < -0.3 is 4.84 Å². The number of hydrogen-bond acceptors (Lipinski definition) is 4. The predicted molar refractivity (Wildman–Crippen MR) is 37.9 cm³/mol. The molecular weight excluding hydrogens is 146 g/mol. The van der Waals surface area contributed by atoms with Gasteiger partial charge >= 0.3 is 5.97 Å². The van der Waals surface area contributed by atoms with Crippen molar-refractivity contribution in [1.29, 1.82) is 0 Å². The zero-order chi connectivity index (χ0) is 8.10. The minimum absolute atomic E-state index is 0.444. The molecule has 0 aliphatic carbocycles. The highest BCUT2D eigenvalue weighted by Crippen LogP contribution is 1.86. The van der Waals surface area contributed by atoms with Crippen LogP contribution < -0.4 is 0 Å². The van der Waals surface area contributed by atoms with Crippen LogP contribution in [-0.2, 0) is 9.63 Å². The predicted octanol–water partition coefficient (Wildman–Crippen LogP) is 0.307. The fraction of sp³-hybridized carbons (Fsp3) is 0.167. The molecule has 11 heavy (non-hydrogen) atoms. The van der Waals surface area contributed by atoms with Crippen molar-refractivity contribution in [2.24, 2.45) is 5.16 Å². The molecule has 0 aliphatic rings. The highest BCUT2D eigenvalue weighted by Gasteiger charge is 1.88. The number of carbonyl (C=O) groups excluding carboxylic acids is 1. The molecular formula is C6H7N3O2. The quantitative estimate of drug-likeness (QED) is 0.377. The number of nitrogens with one attached hydrogen (secondary N) is 1. The highest BCUT2D eigenvalue weighted by molar-refractivity contribution is 5.77. The molecule has 1 aromatic rings. The van der Waals surface area contributed by atoms with Gasteiger partial charge in [0.2, 0.25) is 0 Å². The van der Waals surface area contributed by atoms with Crippen LogP contribution >= 0.6 is 0 Å². The van der Waals surface area contributed by atoms with Crippen molar-refractivity contribution in [2.75, 3.05) is 0 Å². The second-order valence-corrected chi connectivity index (χ2v) is 1.83. The van der Waals surface area contributed by atoms with Crippen LogP contribution in [0.2, 0.25) is 0 Å². The number of rotatable bonds is 2. The first-order chi connectivity index (χ1) is 5.29. The largest absolute Gasteiger partial charge is 0.331 e. The van der Waals surface area contributed by atoms with E-state index in [1.165, 1.54) is 13.1 Å². The normalized spacial score (nSPS) is 10.3. The van der Waals surface area contributed by atoms with Crippen LogP contribution in [0.25, 0.3) is 0 Å². The fourth-order valence-electron chi connectivity index (χ4n) is 0.496.